The van der Waals surface area contributed by atoms with Gasteiger partial charge in [0.05, 0.1) is 23.6 Å². The number of nitrogens with one attached hydrogen (secondary N) is 1. The third kappa shape index (κ3) is 3.47. The van der Waals surface area contributed by atoms with Crippen LogP contribution in [-0.2, 0) is 16.6 Å². The second-order valence-corrected chi connectivity index (χ2v) is 9.13. The van der Waals surface area contributed by atoms with Crippen molar-refractivity contribution < 1.29 is 18.3 Å². The van der Waals surface area contributed by atoms with E-state index in [1.807, 2.05) is 25.4 Å². The number of hydrogen-bond acceptors (Lipinski definition) is 3. The summed E-state index contributed by atoms with van der Waals surface area (Å²) in [5.74, 6) is -1.73. The Morgan fingerprint density at radius 3 is 2.62 bits per heavy atom. The van der Waals surface area contributed by atoms with E-state index in [4.69, 9.17) is 4.74 Å². The van der Waals surface area contributed by atoms with Crippen molar-refractivity contribution in [3.8, 4) is 11.1 Å². The molecule has 4 unspecified atom stereocenters. The van der Waals surface area contributed by atoms with Crippen LogP contribution < -0.4 is 5.32 Å². The molecule has 2 saturated heterocycles. The molecule has 1 amide bonds. The van der Waals surface area contributed by atoms with Crippen LogP contribution in [0.1, 0.15) is 24.3 Å². The highest BCUT2D eigenvalue weighted by Crippen LogP contribution is 2.49. The van der Waals surface area contributed by atoms with Gasteiger partial charge in [-0.1, -0.05) is 24.3 Å². The van der Waals surface area contributed by atoms with Crippen molar-refractivity contribution >= 4 is 22.5 Å². The number of carbonyl (C=O) groups excluding carboxylic acids is 1. The highest BCUT2D eigenvalue weighted by Gasteiger charge is 2.52. The van der Waals surface area contributed by atoms with Crippen molar-refractivity contribution in [1.29, 1.82) is 0 Å². The molecule has 2 aliphatic heterocycles. The SMILES string of the molecule is Cn1cc2cc(C3C4CCC(O4)C3C(=O)Nc3ccc(-c4ccccc4F)c(F)c3)ccc2n1. The summed E-state index contributed by atoms with van der Waals surface area (Å²) in [4.78, 5) is 13.4. The number of hydrogen-bond donors (Lipinski definition) is 1. The normalized spacial score (nSPS) is 23.5. The van der Waals surface area contributed by atoms with Crippen LogP contribution >= 0.6 is 0 Å². The number of anilines is 1. The Balaban J connectivity index is 1.27. The Bertz CT molecular complexity index is 1420. The second kappa shape index (κ2) is 8.02. The molecule has 4 aromatic rings. The summed E-state index contributed by atoms with van der Waals surface area (Å²) < 4.78 is 36.9. The van der Waals surface area contributed by atoms with Gasteiger partial charge >= 0.3 is 0 Å². The van der Waals surface area contributed by atoms with E-state index in [0.29, 0.717) is 5.69 Å². The predicted octanol–water partition coefficient (Wildman–Crippen LogP) is 5.42. The fourth-order valence-electron chi connectivity index (χ4n) is 5.53. The quantitative estimate of drug-likeness (QED) is 0.444. The van der Waals surface area contributed by atoms with Crippen LogP contribution in [0.25, 0.3) is 22.0 Å². The lowest BCUT2D eigenvalue weighted by Crippen LogP contribution is -2.36. The molecule has 3 heterocycles. The number of benzene rings is 3. The third-order valence-corrected chi connectivity index (χ3v) is 7.00. The van der Waals surface area contributed by atoms with Crippen molar-refractivity contribution in [2.75, 3.05) is 5.32 Å². The van der Waals surface area contributed by atoms with Crippen LogP contribution in [0.4, 0.5) is 14.5 Å². The van der Waals surface area contributed by atoms with E-state index in [-0.39, 0.29) is 41.1 Å². The Morgan fingerprint density at radius 1 is 1.00 bits per heavy atom. The highest BCUT2D eigenvalue weighted by atomic mass is 19.1. The van der Waals surface area contributed by atoms with E-state index in [0.717, 1.165) is 29.3 Å². The summed E-state index contributed by atoms with van der Waals surface area (Å²) in [6, 6.07) is 16.5. The largest absolute Gasteiger partial charge is 0.373 e. The summed E-state index contributed by atoms with van der Waals surface area (Å²) in [7, 11) is 1.88. The lowest BCUT2D eigenvalue weighted by Gasteiger charge is -2.27. The van der Waals surface area contributed by atoms with Gasteiger partial charge < -0.3 is 10.1 Å². The lowest BCUT2D eigenvalue weighted by atomic mass is 9.75. The van der Waals surface area contributed by atoms with Crippen LogP contribution in [-0.4, -0.2) is 27.9 Å². The molecule has 0 saturated carbocycles. The minimum absolute atomic E-state index is 0.0185. The molecule has 0 radical (unpaired) electrons. The van der Waals surface area contributed by atoms with Crippen molar-refractivity contribution in [2.24, 2.45) is 13.0 Å². The maximum Gasteiger partial charge on any atom is 0.230 e. The molecule has 7 heteroatoms. The molecular weight excluding hydrogens is 436 g/mol. The fourth-order valence-corrected chi connectivity index (χ4v) is 5.53. The van der Waals surface area contributed by atoms with Gasteiger partial charge in [-0.2, -0.15) is 5.10 Å². The standard InChI is InChI=1S/C27H23F2N3O2/c1-32-14-16-12-15(6-9-22(16)31-32)25-23-10-11-24(34-23)26(25)27(33)30-17-7-8-19(21(29)13-17)18-4-2-3-5-20(18)28/h2-9,12-14,23-26H,10-11H2,1H3,(H,30,33). The number of carbonyl (C=O) groups is 1. The number of amides is 1. The highest BCUT2D eigenvalue weighted by molar-refractivity contribution is 5.94. The van der Waals surface area contributed by atoms with Crippen LogP contribution in [0.2, 0.25) is 0 Å². The molecule has 0 spiro atoms. The van der Waals surface area contributed by atoms with Crippen molar-refractivity contribution in [2.45, 2.75) is 31.0 Å². The molecule has 172 valence electrons. The molecule has 1 aromatic heterocycles. The van der Waals surface area contributed by atoms with E-state index in [1.54, 1.807) is 22.9 Å². The van der Waals surface area contributed by atoms with Crippen LogP contribution in [0.3, 0.4) is 0 Å². The summed E-state index contributed by atoms with van der Waals surface area (Å²) in [5.41, 5.74) is 2.63. The Kier molecular flexibility index (Phi) is 4.95. The third-order valence-electron chi connectivity index (χ3n) is 7.00. The average Bonchev–Trinajstić information content (AvgIpc) is 3.53. The van der Waals surface area contributed by atoms with Gasteiger partial charge in [0.25, 0.3) is 0 Å². The maximum atomic E-state index is 14.8. The summed E-state index contributed by atoms with van der Waals surface area (Å²) in [6.45, 7) is 0. The molecular formula is C27H23F2N3O2. The van der Waals surface area contributed by atoms with Gasteiger partial charge in [0, 0.05) is 41.4 Å². The number of aryl methyl sites for hydroxylation is 1. The molecule has 2 aliphatic rings. The monoisotopic (exact) mass is 459 g/mol. The number of aromatic nitrogens is 2. The topological polar surface area (TPSA) is 56.1 Å². The first-order valence-corrected chi connectivity index (χ1v) is 11.4. The molecule has 3 aromatic carbocycles. The number of halogens is 2. The maximum absolute atomic E-state index is 14.8. The van der Waals surface area contributed by atoms with E-state index in [2.05, 4.69) is 16.5 Å². The molecule has 2 fully saturated rings. The number of rotatable bonds is 4. The fraction of sp³-hybridized carbons (Fsp3) is 0.259. The predicted molar refractivity (Wildman–Crippen MR) is 125 cm³/mol. The zero-order chi connectivity index (χ0) is 23.4. The van der Waals surface area contributed by atoms with Gasteiger partial charge in [-0.25, -0.2) is 8.78 Å². The Morgan fingerprint density at radius 2 is 1.79 bits per heavy atom. The van der Waals surface area contributed by atoms with Crippen LogP contribution in [0.15, 0.2) is 66.9 Å². The van der Waals surface area contributed by atoms with Gasteiger partial charge in [0.15, 0.2) is 0 Å². The average molecular weight is 459 g/mol. The smallest absolute Gasteiger partial charge is 0.230 e. The minimum atomic E-state index is -0.592. The summed E-state index contributed by atoms with van der Waals surface area (Å²) in [5, 5.41) is 8.32. The van der Waals surface area contributed by atoms with E-state index >= 15 is 0 Å². The number of fused-ring (bicyclic) bond motifs is 3. The lowest BCUT2D eigenvalue weighted by molar-refractivity contribution is -0.121. The summed E-state index contributed by atoms with van der Waals surface area (Å²) in [6.07, 6.45) is 3.52. The molecule has 1 N–H and O–H groups in total. The van der Waals surface area contributed by atoms with Gasteiger partial charge in [0.2, 0.25) is 5.91 Å². The number of nitrogens with zero attached hydrogens (tertiary/aromatic N) is 2. The van der Waals surface area contributed by atoms with Gasteiger partial charge in [-0.15, -0.1) is 0 Å². The van der Waals surface area contributed by atoms with E-state index < -0.39 is 11.6 Å². The Labute approximate surface area is 195 Å². The molecule has 34 heavy (non-hydrogen) atoms. The van der Waals surface area contributed by atoms with Gasteiger partial charge in [0.1, 0.15) is 11.6 Å². The van der Waals surface area contributed by atoms with Gasteiger partial charge in [-0.05, 0) is 54.8 Å². The van der Waals surface area contributed by atoms with Crippen LogP contribution in [0.5, 0.6) is 0 Å². The molecule has 0 aliphatic carbocycles. The first-order valence-electron chi connectivity index (χ1n) is 11.4. The zero-order valence-electron chi connectivity index (χ0n) is 18.5. The van der Waals surface area contributed by atoms with E-state index in [1.165, 1.54) is 24.3 Å². The summed E-state index contributed by atoms with van der Waals surface area (Å²) >= 11 is 0. The molecule has 2 bridgehead atoms. The van der Waals surface area contributed by atoms with Crippen molar-refractivity contribution in [1.82, 2.24) is 9.78 Å². The first-order chi connectivity index (χ1) is 16.5. The van der Waals surface area contributed by atoms with Crippen molar-refractivity contribution in [3.05, 3.63) is 84.1 Å². The zero-order valence-corrected chi connectivity index (χ0v) is 18.5. The van der Waals surface area contributed by atoms with Crippen molar-refractivity contribution in [3.63, 3.8) is 0 Å². The van der Waals surface area contributed by atoms with E-state index in [9.17, 15) is 13.6 Å². The molecule has 6 rings (SSSR count). The first kappa shape index (κ1) is 21.0. The molecule has 4 atom stereocenters. The second-order valence-electron chi connectivity index (χ2n) is 9.13. The Hall–Kier alpha value is -3.58. The van der Waals surface area contributed by atoms with Gasteiger partial charge in [-0.3, -0.25) is 9.48 Å². The number of ether oxygens (including phenoxy) is 1. The van der Waals surface area contributed by atoms with Crippen LogP contribution in [0, 0.1) is 17.6 Å². The molecule has 5 nitrogen and oxygen atoms in total. The minimum Gasteiger partial charge on any atom is -0.373 e.